The van der Waals surface area contributed by atoms with E-state index in [4.69, 9.17) is 0 Å². The standard InChI is InChI=1S/C15H18F2N4S/c1-3-4-9-22-15-20-19-14(13(16)17)21(15)18-10-12-8-6-5-7-11(12)2/h5-8,10,13H,3-4,9H2,1-2H3. The molecule has 0 aliphatic heterocycles. The molecule has 0 aliphatic carbocycles. The normalized spacial score (nSPS) is 11.7. The average molecular weight is 324 g/mol. The van der Waals surface area contributed by atoms with Crippen molar-refractivity contribution in [1.29, 1.82) is 0 Å². The zero-order valence-electron chi connectivity index (χ0n) is 12.5. The highest BCUT2D eigenvalue weighted by Crippen LogP contribution is 2.24. The molecule has 22 heavy (non-hydrogen) atoms. The second kappa shape index (κ2) is 8.03. The van der Waals surface area contributed by atoms with Gasteiger partial charge in [-0.3, -0.25) is 0 Å². The maximum absolute atomic E-state index is 13.0. The van der Waals surface area contributed by atoms with E-state index < -0.39 is 12.2 Å². The van der Waals surface area contributed by atoms with Crippen molar-refractivity contribution in [3.63, 3.8) is 0 Å². The minimum atomic E-state index is -2.71. The highest BCUT2D eigenvalue weighted by atomic mass is 32.2. The van der Waals surface area contributed by atoms with Gasteiger partial charge in [-0.1, -0.05) is 49.4 Å². The molecule has 0 unspecified atom stereocenters. The lowest BCUT2D eigenvalue weighted by molar-refractivity contribution is 0.135. The largest absolute Gasteiger partial charge is 0.299 e. The number of hydrogen-bond donors (Lipinski definition) is 0. The van der Waals surface area contributed by atoms with Crippen LogP contribution in [0.2, 0.25) is 0 Å². The van der Waals surface area contributed by atoms with E-state index in [1.165, 1.54) is 11.8 Å². The van der Waals surface area contributed by atoms with Crippen molar-refractivity contribution in [3.8, 4) is 0 Å². The van der Waals surface area contributed by atoms with Gasteiger partial charge in [-0.05, 0) is 24.5 Å². The smallest absolute Gasteiger partial charge is 0.201 e. The number of nitrogens with zero attached hydrogens (tertiary/aromatic N) is 4. The Morgan fingerprint density at radius 1 is 1.32 bits per heavy atom. The first-order chi connectivity index (χ1) is 10.6. The van der Waals surface area contributed by atoms with Crippen molar-refractivity contribution in [2.45, 2.75) is 38.3 Å². The first kappa shape index (κ1) is 16.6. The maximum Gasteiger partial charge on any atom is 0.299 e. The third-order valence-corrected chi connectivity index (χ3v) is 4.07. The summed E-state index contributed by atoms with van der Waals surface area (Å²) < 4.78 is 27.2. The molecule has 0 radical (unpaired) electrons. The Balaban J connectivity index is 2.27. The Labute approximate surface area is 132 Å². The molecule has 1 aromatic heterocycles. The maximum atomic E-state index is 13.0. The number of unbranched alkanes of at least 4 members (excludes halogenated alkanes) is 1. The summed E-state index contributed by atoms with van der Waals surface area (Å²) in [6, 6.07) is 7.63. The second-order valence-corrected chi connectivity index (χ2v) is 5.82. The quantitative estimate of drug-likeness (QED) is 0.433. The zero-order chi connectivity index (χ0) is 15.9. The monoisotopic (exact) mass is 324 g/mol. The molecule has 0 amide bonds. The molecule has 2 aromatic rings. The average Bonchev–Trinajstić information content (AvgIpc) is 2.90. The lowest BCUT2D eigenvalue weighted by Crippen LogP contribution is -2.01. The summed E-state index contributed by atoms with van der Waals surface area (Å²) in [5.41, 5.74) is 1.90. The van der Waals surface area contributed by atoms with Gasteiger partial charge >= 0.3 is 0 Å². The van der Waals surface area contributed by atoms with E-state index in [0.717, 1.165) is 34.4 Å². The molecule has 1 heterocycles. The molecule has 0 aliphatic rings. The first-order valence-electron chi connectivity index (χ1n) is 7.09. The van der Waals surface area contributed by atoms with Crippen LogP contribution in [0.3, 0.4) is 0 Å². The van der Waals surface area contributed by atoms with E-state index in [9.17, 15) is 8.78 Å². The van der Waals surface area contributed by atoms with Crippen molar-refractivity contribution in [3.05, 3.63) is 41.2 Å². The minimum Gasteiger partial charge on any atom is -0.201 e. The molecule has 0 N–H and O–H groups in total. The number of alkyl halides is 2. The van der Waals surface area contributed by atoms with Gasteiger partial charge in [0, 0.05) is 5.75 Å². The second-order valence-electron chi connectivity index (χ2n) is 4.76. The van der Waals surface area contributed by atoms with Crippen LogP contribution in [0.5, 0.6) is 0 Å². The van der Waals surface area contributed by atoms with Crippen LogP contribution in [0.4, 0.5) is 8.78 Å². The van der Waals surface area contributed by atoms with E-state index >= 15 is 0 Å². The van der Waals surface area contributed by atoms with Gasteiger partial charge in [-0.25, -0.2) is 8.78 Å². The minimum absolute atomic E-state index is 0.397. The van der Waals surface area contributed by atoms with Gasteiger partial charge in [-0.15, -0.1) is 10.2 Å². The van der Waals surface area contributed by atoms with E-state index in [0.29, 0.717) is 5.16 Å². The topological polar surface area (TPSA) is 43.1 Å². The molecule has 7 heteroatoms. The number of halogens is 2. The summed E-state index contributed by atoms with van der Waals surface area (Å²) in [5, 5.41) is 11.9. The summed E-state index contributed by atoms with van der Waals surface area (Å²) in [6.45, 7) is 4.02. The fourth-order valence-electron chi connectivity index (χ4n) is 1.77. The van der Waals surface area contributed by atoms with Gasteiger partial charge in [0.1, 0.15) is 0 Å². The first-order valence-corrected chi connectivity index (χ1v) is 8.08. The van der Waals surface area contributed by atoms with Gasteiger partial charge < -0.3 is 0 Å². The predicted octanol–water partition coefficient (Wildman–Crippen LogP) is 4.30. The van der Waals surface area contributed by atoms with Gasteiger partial charge in [-0.2, -0.15) is 9.78 Å². The van der Waals surface area contributed by atoms with Crippen LogP contribution in [0.15, 0.2) is 34.5 Å². The van der Waals surface area contributed by atoms with E-state index in [1.54, 1.807) is 6.21 Å². The number of thioether (sulfide) groups is 1. The highest BCUT2D eigenvalue weighted by molar-refractivity contribution is 7.99. The summed E-state index contributed by atoms with van der Waals surface area (Å²) in [5.74, 6) is 0.376. The molecule has 0 bridgehead atoms. The summed E-state index contributed by atoms with van der Waals surface area (Å²) in [4.78, 5) is 0. The summed E-state index contributed by atoms with van der Waals surface area (Å²) in [6.07, 6.45) is 0.884. The third kappa shape index (κ3) is 4.13. The number of rotatable bonds is 7. The van der Waals surface area contributed by atoms with Crippen LogP contribution in [-0.4, -0.2) is 26.8 Å². The van der Waals surface area contributed by atoms with Gasteiger partial charge in [0.2, 0.25) is 11.0 Å². The highest BCUT2D eigenvalue weighted by Gasteiger charge is 2.20. The zero-order valence-corrected chi connectivity index (χ0v) is 13.4. The molecule has 0 atom stereocenters. The number of aryl methyl sites for hydroxylation is 1. The van der Waals surface area contributed by atoms with Gasteiger partial charge in [0.25, 0.3) is 6.43 Å². The van der Waals surface area contributed by atoms with Crippen LogP contribution in [0, 0.1) is 6.92 Å². The van der Waals surface area contributed by atoms with E-state index in [-0.39, 0.29) is 0 Å². The molecule has 0 spiro atoms. The SMILES string of the molecule is CCCCSc1nnc(C(F)F)n1N=Cc1ccccc1C. The Kier molecular flexibility index (Phi) is 6.06. The number of benzene rings is 1. The number of aromatic nitrogens is 3. The van der Waals surface area contributed by atoms with Crippen LogP contribution < -0.4 is 0 Å². The van der Waals surface area contributed by atoms with Crippen molar-refractivity contribution in [2.75, 3.05) is 5.75 Å². The summed E-state index contributed by atoms with van der Waals surface area (Å²) in [7, 11) is 0. The van der Waals surface area contributed by atoms with E-state index in [1.807, 2.05) is 31.2 Å². The third-order valence-electron chi connectivity index (χ3n) is 3.06. The van der Waals surface area contributed by atoms with Crippen LogP contribution in [0.1, 0.15) is 43.1 Å². The molecular formula is C15H18F2N4S. The Hall–Kier alpha value is -1.76. The van der Waals surface area contributed by atoms with Crippen molar-refractivity contribution >= 4 is 18.0 Å². The van der Waals surface area contributed by atoms with Crippen molar-refractivity contribution in [1.82, 2.24) is 14.9 Å². The molecule has 4 nitrogen and oxygen atoms in total. The Morgan fingerprint density at radius 3 is 2.77 bits per heavy atom. The van der Waals surface area contributed by atoms with Gasteiger partial charge in [0.05, 0.1) is 6.21 Å². The lowest BCUT2D eigenvalue weighted by Gasteiger charge is -2.04. The van der Waals surface area contributed by atoms with Crippen LogP contribution >= 0.6 is 11.8 Å². The molecule has 0 fully saturated rings. The molecule has 118 valence electrons. The van der Waals surface area contributed by atoms with Crippen molar-refractivity contribution in [2.24, 2.45) is 5.10 Å². The van der Waals surface area contributed by atoms with Crippen LogP contribution in [0.25, 0.3) is 0 Å². The predicted molar refractivity (Wildman–Crippen MR) is 84.8 cm³/mol. The fourth-order valence-corrected chi connectivity index (χ4v) is 2.75. The molecular weight excluding hydrogens is 306 g/mol. The molecule has 0 saturated heterocycles. The molecule has 0 saturated carbocycles. The van der Waals surface area contributed by atoms with Gasteiger partial charge in [0.15, 0.2) is 0 Å². The van der Waals surface area contributed by atoms with E-state index in [2.05, 4.69) is 22.2 Å². The van der Waals surface area contributed by atoms with Crippen LogP contribution in [-0.2, 0) is 0 Å². The molecule has 2 rings (SSSR count). The summed E-state index contributed by atoms with van der Waals surface area (Å²) >= 11 is 1.39. The Morgan fingerprint density at radius 2 is 2.09 bits per heavy atom. The van der Waals surface area contributed by atoms with Crippen molar-refractivity contribution < 1.29 is 8.78 Å². The fraction of sp³-hybridized carbons (Fsp3) is 0.400. The molecule has 1 aromatic carbocycles. The lowest BCUT2D eigenvalue weighted by atomic mass is 10.1. The Bertz CT molecular complexity index is 640. The number of hydrogen-bond acceptors (Lipinski definition) is 4.